The maximum absolute atomic E-state index is 10.8. The smallest absolute Gasteiger partial charge is 0.248 e. The fourth-order valence-corrected chi connectivity index (χ4v) is 4.89. The van der Waals surface area contributed by atoms with Crippen molar-refractivity contribution < 1.29 is 19.7 Å². The van der Waals surface area contributed by atoms with Crippen molar-refractivity contribution in [1.82, 2.24) is 9.80 Å². The molecular weight excluding hydrogens is 548 g/mol. The van der Waals surface area contributed by atoms with E-state index in [4.69, 9.17) is 15.1 Å². The molecule has 3 aliphatic rings. The molecule has 3 aliphatic heterocycles. The van der Waals surface area contributed by atoms with Crippen LogP contribution in [-0.2, 0) is 9.53 Å². The summed E-state index contributed by atoms with van der Waals surface area (Å²) in [5.74, 6) is 0.119. The highest BCUT2D eigenvalue weighted by Crippen LogP contribution is 2.23. The third-order valence-corrected chi connectivity index (χ3v) is 7.42. The number of piperazine rings is 1. The Morgan fingerprint density at radius 1 is 1.07 bits per heavy atom. The number of piperidine rings is 1. The summed E-state index contributed by atoms with van der Waals surface area (Å²) >= 11 is 0. The molecule has 0 radical (unpaired) electrons. The summed E-state index contributed by atoms with van der Waals surface area (Å²) in [5.41, 5.74) is 7.21. The van der Waals surface area contributed by atoms with Crippen molar-refractivity contribution >= 4 is 36.2 Å². The molecule has 3 heterocycles. The first-order chi connectivity index (χ1) is 21.0. The molecule has 0 atom stereocenters. The first kappa shape index (κ1) is 33.4. The number of ether oxygens (including phenoxy) is 1. The summed E-state index contributed by atoms with van der Waals surface area (Å²) in [6, 6.07) is 15.2. The van der Waals surface area contributed by atoms with Gasteiger partial charge in [-0.1, -0.05) is 0 Å². The highest BCUT2D eigenvalue weighted by Gasteiger charge is 2.28. The summed E-state index contributed by atoms with van der Waals surface area (Å²) in [5, 5.41) is 27.2. The lowest BCUT2D eigenvalue weighted by Gasteiger charge is -2.43. The van der Waals surface area contributed by atoms with Crippen LogP contribution in [0, 0.1) is 11.3 Å². The largest absolute Gasteiger partial charge is 0.507 e. The summed E-state index contributed by atoms with van der Waals surface area (Å²) < 4.78 is 5.30. The zero-order valence-electron chi connectivity index (χ0n) is 24.8. The zero-order valence-corrected chi connectivity index (χ0v) is 24.8. The minimum Gasteiger partial charge on any atom is -0.507 e. The molecule has 2 aromatic carbocycles. The topological polar surface area (TPSA) is 163 Å². The minimum absolute atomic E-state index is 0.0816. The predicted octanol–water partition coefficient (Wildman–Crippen LogP) is 2.16. The number of hydrogen-bond donors (Lipinski definition) is 3. The van der Waals surface area contributed by atoms with Gasteiger partial charge in [0.1, 0.15) is 24.8 Å². The highest BCUT2D eigenvalue weighted by atomic mass is 16.5. The number of phenols is 1. The Kier molecular flexibility index (Phi) is 13.7. The van der Waals surface area contributed by atoms with Crippen LogP contribution >= 0.6 is 0 Å². The molecule has 0 saturated carbocycles. The van der Waals surface area contributed by atoms with Crippen LogP contribution in [0.5, 0.6) is 5.75 Å². The van der Waals surface area contributed by atoms with Crippen molar-refractivity contribution in [2.24, 2.45) is 20.7 Å². The summed E-state index contributed by atoms with van der Waals surface area (Å²) in [6.45, 7) is 10.7. The maximum Gasteiger partial charge on any atom is 0.248 e. The molecule has 0 aromatic heterocycles. The third kappa shape index (κ3) is 9.69. The second-order valence-corrected chi connectivity index (χ2v) is 10.0. The van der Waals surface area contributed by atoms with Gasteiger partial charge in [-0.05, 0) is 75.5 Å². The average Bonchev–Trinajstić information content (AvgIpc) is 3.05. The third-order valence-electron chi connectivity index (χ3n) is 7.42. The van der Waals surface area contributed by atoms with Gasteiger partial charge >= 0.3 is 0 Å². The van der Waals surface area contributed by atoms with Gasteiger partial charge in [0.15, 0.2) is 5.84 Å². The Morgan fingerprint density at radius 2 is 1.74 bits per heavy atom. The van der Waals surface area contributed by atoms with Crippen LogP contribution < -0.4 is 10.6 Å². The fraction of sp³-hybridized carbons (Fsp3) is 0.452. The maximum atomic E-state index is 10.8. The van der Waals surface area contributed by atoms with Crippen LogP contribution in [0.1, 0.15) is 30.4 Å². The Labute approximate surface area is 253 Å². The molecule has 230 valence electrons. The van der Waals surface area contributed by atoms with Crippen LogP contribution in [0.4, 0.5) is 11.4 Å². The van der Waals surface area contributed by atoms with Gasteiger partial charge in [-0.25, -0.2) is 15.0 Å². The first-order valence-corrected chi connectivity index (χ1v) is 14.5. The Bertz CT molecular complexity index is 1270. The highest BCUT2D eigenvalue weighted by molar-refractivity contribution is 6.05. The number of aliphatic hydroxyl groups excluding tert-OH is 1. The van der Waals surface area contributed by atoms with Gasteiger partial charge < -0.3 is 30.5 Å². The molecule has 1 amide bonds. The second kappa shape index (κ2) is 17.7. The lowest BCUT2D eigenvalue weighted by atomic mass is 10.1. The molecule has 3 fully saturated rings. The number of carbonyl (C=O) groups is 1. The molecule has 5 rings (SSSR count). The van der Waals surface area contributed by atoms with E-state index in [9.17, 15) is 9.90 Å². The Morgan fingerprint density at radius 3 is 2.30 bits per heavy atom. The summed E-state index contributed by atoms with van der Waals surface area (Å²) in [4.78, 5) is 30.0. The lowest BCUT2D eigenvalue weighted by molar-refractivity contribution is -0.135. The Balaban J connectivity index is 0.000000356. The van der Waals surface area contributed by atoms with Crippen molar-refractivity contribution in [3.05, 3.63) is 53.6 Å². The second-order valence-electron chi connectivity index (χ2n) is 10.0. The Hall–Kier alpha value is -4.15. The normalized spacial score (nSPS) is 17.6. The predicted molar refractivity (Wildman–Crippen MR) is 170 cm³/mol. The standard InChI is InChI=1S/C23H24N6O2.C7H13NO2.CH5N/c1-25-23(17-2-7-22(30)18(12-17)13-24)27-16-26-19-3-5-20(6-4-19)28-8-10-29(11-9-28)21-14-31-15-21;9-6-7(10)8-4-2-1-3-5-8;1-2/h2-7,12,16,21,30H,1,8-11,14-15H2;9H,1-6H2;2H2,1H3. The number of amidine groups is 1. The number of hydrogen-bond acceptors (Lipinski definition) is 9. The van der Waals surface area contributed by atoms with Crippen LogP contribution in [0.3, 0.4) is 0 Å². The van der Waals surface area contributed by atoms with E-state index in [1.165, 1.54) is 37.6 Å². The van der Waals surface area contributed by atoms with Crippen molar-refractivity contribution in [1.29, 1.82) is 5.26 Å². The number of carbonyl (C=O) groups excluding carboxylic acids is 1. The summed E-state index contributed by atoms with van der Waals surface area (Å²) in [7, 11) is 1.50. The van der Waals surface area contributed by atoms with Crippen molar-refractivity contribution in [2.75, 3.05) is 71.0 Å². The van der Waals surface area contributed by atoms with Crippen molar-refractivity contribution in [3.8, 4) is 11.8 Å². The first-order valence-electron chi connectivity index (χ1n) is 14.5. The number of amides is 1. The van der Waals surface area contributed by atoms with E-state index in [0.717, 1.165) is 71.0 Å². The van der Waals surface area contributed by atoms with Gasteiger partial charge in [-0.15, -0.1) is 0 Å². The molecule has 0 unspecified atom stereocenters. The number of aliphatic imine (C=N–C) groups is 3. The van der Waals surface area contributed by atoms with Crippen molar-refractivity contribution in [3.63, 3.8) is 0 Å². The van der Waals surface area contributed by atoms with Crippen LogP contribution in [0.25, 0.3) is 0 Å². The number of rotatable bonds is 6. The molecule has 4 N–H and O–H groups in total. The molecule has 0 bridgehead atoms. The van der Waals surface area contributed by atoms with Crippen LogP contribution in [0.2, 0.25) is 0 Å². The van der Waals surface area contributed by atoms with E-state index in [-0.39, 0.29) is 23.8 Å². The van der Waals surface area contributed by atoms with Gasteiger partial charge in [0.2, 0.25) is 5.91 Å². The van der Waals surface area contributed by atoms with Crippen molar-refractivity contribution in [2.45, 2.75) is 25.3 Å². The minimum atomic E-state index is -0.333. The summed E-state index contributed by atoms with van der Waals surface area (Å²) in [6.07, 6.45) is 4.81. The van der Waals surface area contributed by atoms with E-state index in [1.807, 2.05) is 18.2 Å². The number of nitriles is 1. The number of phenolic OH excluding ortho intramolecular Hbond substituents is 1. The van der Waals surface area contributed by atoms with E-state index in [0.29, 0.717) is 17.4 Å². The number of likely N-dealkylation sites (tertiary alicyclic amines) is 1. The van der Waals surface area contributed by atoms with E-state index in [2.05, 4.69) is 49.4 Å². The van der Waals surface area contributed by atoms with Gasteiger partial charge in [0.05, 0.1) is 30.5 Å². The quantitative estimate of drug-likeness (QED) is 0.340. The van der Waals surface area contributed by atoms with E-state index >= 15 is 0 Å². The van der Waals surface area contributed by atoms with Gasteiger partial charge in [-0.2, -0.15) is 5.26 Å². The van der Waals surface area contributed by atoms with Gasteiger partial charge in [0.25, 0.3) is 0 Å². The molecule has 43 heavy (non-hydrogen) atoms. The van der Waals surface area contributed by atoms with Gasteiger partial charge in [0, 0.05) is 50.5 Å². The molecule has 0 spiro atoms. The molecule has 12 heteroatoms. The zero-order chi connectivity index (χ0) is 31.0. The average molecular weight is 591 g/mol. The number of aromatic hydroxyl groups is 1. The van der Waals surface area contributed by atoms with Crippen LogP contribution in [0.15, 0.2) is 57.4 Å². The monoisotopic (exact) mass is 590 g/mol. The molecular formula is C31H42N8O4. The molecule has 3 saturated heterocycles. The number of anilines is 1. The molecule has 0 aliphatic carbocycles. The SMILES string of the molecule is C=NC(=NC=Nc1ccc(N2CCN(C3COC3)CC2)cc1)c1ccc(O)c(C#N)c1.CN.O=C(CO)N1CCCCC1. The van der Waals surface area contributed by atoms with E-state index < -0.39 is 0 Å². The molecule has 12 nitrogen and oxygen atoms in total. The molecule has 2 aromatic rings. The fourth-order valence-electron chi connectivity index (χ4n) is 4.89. The number of nitrogens with two attached hydrogens (primary N) is 1. The number of aliphatic hydroxyl groups is 1. The van der Waals surface area contributed by atoms with E-state index in [1.54, 1.807) is 11.0 Å². The number of benzene rings is 2. The van der Waals surface area contributed by atoms with Gasteiger partial charge in [-0.3, -0.25) is 9.69 Å². The lowest BCUT2D eigenvalue weighted by Crippen LogP contribution is -2.56. The number of nitrogens with zero attached hydrogens (tertiary/aromatic N) is 7. The van der Waals surface area contributed by atoms with Crippen LogP contribution in [-0.4, -0.2) is 117 Å².